The minimum absolute atomic E-state index is 0.285. The lowest BCUT2D eigenvalue weighted by Gasteiger charge is -2.21. The third kappa shape index (κ3) is 1.70. The molecular formula is C10H14N2O. The molecule has 1 aliphatic carbocycles. The van der Waals surface area contributed by atoms with Crippen LogP contribution in [0.3, 0.4) is 0 Å². The molecule has 2 rings (SSSR count). The van der Waals surface area contributed by atoms with Crippen molar-refractivity contribution < 1.29 is 5.11 Å². The Morgan fingerprint density at radius 3 is 3.23 bits per heavy atom. The molecule has 0 saturated carbocycles. The van der Waals surface area contributed by atoms with Crippen LogP contribution in [0.1, 0.15) is 23.5 Å². The highest BCUT2D eigenvalue weighted by Crippen LogP contribution is 2.22. The fourth-order valence-electron chi connectivity index (χ4n) is 1.84. The molecule has 0 amide bonds. The molecule has 0 spiro atoms. The van der Waals surface area contributed by atoms with Crippen LogP contribution in [0.15, 0.2) is 6.20 Å². The van der Waals surface area contributed by atoms with Crippen molar-refractivity contribution in [3.05, 3.63) is 23.3 Å². The summed E-state index contributed by atoms with van der Waals surface area (Å²) in [6, 6.07) is 0. The molecule has 1 aromatic heterocycles. The SMILES string of the molecule is Cc1ncc2c(n1)CCC(CO)C2. The van der Waals surface area contributed by atoms with Gasteiger partial charge in [0.05, 0.1) is 0 Å². The Morgan fingerprint density at radius 1 is 1.62 bits per heavy atom. The number of aliphatic hydroxyl groups is 1. The Kier molecular flexibility index (Phi) is 2.27. The number of fused-ring (bicyclic) bond motifs is 1. The van der Waals surface area contributed by atoms with Crippen molar-refractivity contribution in [1.82, 2.24) is 9.97 Å². The van der Waals surface area contributed by atoms with E-state index in [0.29, 0.717) is 5.92 Å². The smallest absolute Gasteiger partial charge is 0.125 e. The van der Waals surface area contributed by atoms with Crippen molar-refractivity contribution in [3.63, 3.8) is 0 Å². The predicted molar refractivity (Wildman–Crippen MR) is 49.4 cm³/mol. The molecule has 1 atom stereocenters. The molecule has 1 N–H and O–H groups in total. The molecule has 0 aromatic carbocycles. The Morgan fingerprint density at radius 2 is 2.46 bits per heavy atom. The van der Waals surface area contributed by atoms with Gasteiger partial charge in [0.15, 0.2) is 0 Å². The zero-order chi connectivity index (χ0) is 9.26. The standard InChI is InChI=1S/C10H14N2O/c1-7-11-5-9-4-8(6-13)2-3-10(9)12-7/h5,8,13H,2-4,6H2,1H3. The Labute approximate surface area is 77.8 Å². The molecule has 70 valence electrons. The first kappa shape index (κ1) is 8.63. The van der Waals surface area contributed by atoms with Crippen LogP contribution in [0, 0.1) is 12.8 Å². The normalized spacial score (nSPS) is 21.2. The third-order valence-corrected chi connectivity index (χ3v) is 2.63. The summed E-state index contributed by atoms with van der Waals surface area (Å²) in [4.78, 5) is 8.56. The zero-order valence-corrected chi connectivity index (χ0v) is 7.82. The number of nitrogens with zero attached hydrogens (tertiary/aromatic N) is 2. The number of aromatic nitrogens is 2. The van der Waals surface area contributed by atoms with Gasteiger partial charge in [-0.05, 0) is 37.7 Å². The van der Waals surface area contributed by atoms with E-state index >= 15 is 0 Å². The van der Waals surface area contributed by atoms with Crippen LogP contribution >= 0.6 is 0 Å². The monoisotopic (exact) mass is 178 g/mol. The van der Waals surface area contributed by atoms with Gasteiger partial charge >= 0.3 is 0 Å². The van der Waals surface area contributed by atoms with Crippen LogP contribution in [0.5, 0.6) is 0 Å². The highest BCUT2D eigenvalue weighted by atomic mass is 16.3. The molecule has 3 heteroatoms. The van der Waals surface area contributed by atoms with Crippen molar-refractivity contribution in [2.24, 2.45) is 5.92 Å². The first-order valence-corrected chi connectivity index (χ1v) is 4.72. The summed E-state index contributed by atoms with van der Waals surface area (Å²) in [5.74, 6) is 1.26. The molecule has 3 nitrogen and oxygen atoms in total. The molecule has 1 heterocycles. The van der Waals surface area contributed by atoms with Gasteiger partial charge in [-0.2, -0.15) is 0 Å². The molecular weight excluding hydrogens is 164 g/mol. The summed E-state index contributed by atoms with van der Waals surface area (Å²) in [6.07, 6.45) is 4.88. The van der Waals surface area contributed by atoms with Gasteiger partial charge in [-0.25, -0.2) is 9.97 Å². The first-order chi connectivity index (χ1) is 6.29. The summed E-state index contributed by atoms with van der Waals surface area (Å²) in [7, 11) is 0. The Hall–Kier alpha value is -0.960. The maximum atomic E-state index is 9.03. The summed E-state index contributed by atoms with van der Waals surface area (Å²) in [5, 5.41) is 9.03. The second-order valence-electron chi connectivity index (χ2n) is 3.68. The van der Waals surface area contributed by atoms with Crippen molar-refractivity contribution in [1.29, 1.82) is 0 Å². The Balaban J connectivity index is 2.26. The summed E-state index contributed by atoms with van der Waals surface area (Å²) in [6.45, 7) is 2.20. The molecule has 1 aromatic rings. The van der Waals surface area contributed by atoms with Crippen LogP contribution in [0.2, 0.25) is 0 Å². The summed E-state index contributed by atoms with van der Waals surface area (Å²) < 4.78 is 0. The lowest BCUT2D eigenvalue weighted by atomic mass is 9.88. The van der Waals surface area contributed by atoms with Crippen LogP contribution in [-0.2, 0) is 12.8 Å². The van der Waals surface area contributed by atoms with Gasteiger partial charge < -0.3 is 5.11 Å². The maximum Gasteiger partial charge on any atom is 0.125 e. The number of hydrogen-bond donors (Lipinski definition) is 1. The number of aryl methyl sites for hydroxylation is 2. The highest BCUT2D eigenvalue weighted by Gasteiger charge is 2.18. The van der Waals surface area contributed by atoms with Gasteiger partial charge in [-0.1, -0.05) is 0 Å². The van der Waals surface area contributed by atoms with Gasteiger partial charge in [0.2, 0.25) is 0 Å². The van der Waals surface area contributed by atoms with E-state index in [-0.39, 0.29) is 6.61 Å². The lowest BCUT2D eigenvalue weighted by molar-refractivity contribution is 0.212. The molecule has 1 aliphatic rings. The van der Waals surface area contributed by atoms with E-state index in [1.165, 1.54) is 11.3 Å². The van der Waals surface area contributed by atoms with Crippen LogP contribution < -0.4 is 0 Å². The van der Waals surface area contributed by atoms with Gasteiger partial charge in [0.1, 0.15) is 5.82 Å². The fraction of sp³-hybridized carbons (Fsp3) is 0.600. The topological polar surface area (TPSA) is 46.0 Å². The number of hydrogen-bond acceptors (Lipinski definition) is 3. The fourth-order valence-corrected chi connectivity index (χ4v) is 1.84. The van der Waals surface area contributed by atoms with E-state index in [4.69, 9.17) is 5.11 Å². The van der Waals surface area contributed by atoms with Crippen molar-refractivity contribution in [2.45, 2.75) is 26.2 Å². The minimum Gasteiger partial charge on any atom is -0.396 e. The molecule has 0 fully saturated rings. The van der Waals surface area contributed by atoms with E-state index in [9.17, 15) is 0 Å². The van der Waals surface area contributed by atoms with Gasteiger partial charge in [0.25, 0.3) is 0 Å². The van der Waals surface area contributed by atoms with Crippen molar-refractivity contribution >= 4 is 0 Å². The van der Waals surface area contributed by atoms with E-state index in [1.54, 1.807) is 0 Å². The second kappa shape index (κ2) is 3.42. The molecule has 0 radical (unpaired) electrons. The van der Waals surface area contributed by atoms with Crippen LogP contribution in [0.25, 0.3) is 0 Å². The van der Waals surface area contributed by atoms with E-state index in [0.717, 1.165) is 25.1 Å². The molecule has 1 unspecified atom stereocenters. The largest absolute Gasteiger partial charge is 0.396 e. The van der Waals surface area contributed by atoms with Crippen LogP contribution in [-0.4, -0.2) is 21.7 Å². The second-order valence-corrected chi connectivity index (χ2v) is 3.68. The van der Waals surface area contributed by atoms with Crippen molar-refractivity contribution in [3.8, 4) is 0 Å². The van der Waals surface area contributed by atoms with E-state index in [2.05, 4.69) is 9.97 Å². The quantitative estimate of drug-likeness (QED) is 0.694. The minimum atomic E-state index is 0.285. The first-order valence-electron chi connectivity index (χ1n) is 4.72. The zero-order valence-electron chi connectivity index (χ0n) is 7.82. The van der Waals surface area contributed by atoms with E-state index < -0.39 is 0 Å². The van der Waals surface area contributed by atoms with Crippen molar-refractivity contribution in [2.75, 3.05) is 6.61 Å². The van der Waals surface area contributed by atoms with Gasteiger partial charge in [-0.15, -0.1) is 0 Å². The summed E-state index contributed by atoms with van der Waals surface area (Å²) in [5.41, 5.74) is 2.40. The third-order valence-electron chi connectivity index (χ3n) is 2.63. The predicted octanol–water partition coefficient (Wildman–Crippen LogP) is 0.882. The average Bonchev–Trinajstić information content (AvgIpc) is 2.17. The Bertz CT molecular complexity index is 312. The van der Waals surface area contributed by atoms with Gasteiger partial charge in [-0.3, -0.25) is 0 Å². The number of rotatable bonds is 1. The van der Waals surface area contributed by atoms with Gasteiger partial charge in [0, 0.05) is 18.5 Å². The average molecular weight is 178 g/mol. The number of aliphatic hydroxyl groups excluding tert-OH is 1. The maximum absolute atomic E-state index is 9.03. The van der Waals surface area contributed by atoms with E-state index in [1.807, 2.05) is 13.1 Å². The summed E-state index contributed by atoms with van der Waals surface area (Å²) >= 11 is 0. The highest BCUT2D eigenvalue weighted by molar-refractivity contribution is 5.21. The molecule has 13 heavy (non-hydrogen) atoms. The molecule has 0 saturated heterocycles. The van der Waals surface area contributed by atoms with Crippen LogP contribution in [0.4, 0.5) is 0 Å². The molecule has 0 bridgehead atoms. The lowest BCUT2D eigenvalue weighted by Crippen LogP contribution is -2.19. The molecule has 0 aliphatic heterocycles.